The molecule has 0 amide bonds. The third-order valence-electron chi connectivity index (χ3n) is 11.7. The van der Waals surface area contributed by atoms with Gasteiger partial charge in [0.2, 0.25) is 0 Å². The Balaban J connectivity index is 1.68. The number of piperidine rings is 1. The first kappa shape index (κ1) is 23.1. The molecule has 1 spiro atoms. The van der Waals surface area contributed by atoms with E-state index in [-0.39, 0.29) is 41.4 Å². The largest absolute Gasteiger partial charge is 0.392 e. The molecule has 188 valence electrons. The van der Waals surface area contributed by atoms with Gasteiger partial charge in [-0.25, -0.2) is 0 Å². The summed E-state index contributed by atoms with van der Waals surface area (Å²) in [6.45, 7) is 4.50. The van der Waals surface area contributed by atoms with Gasteiger partial charge in [0.05, 0.1) is 49.5 Å². The number of rotatable bonds is 6. The summed E-state index contributed by atoms with van der Waals surface area (Å²) in [5, 5.41) is 37.1. The lowest BCUT2D eigenvalue weighted by Gasteiger charge is -2.67. The van der Waals surface area contributed by atoms with Crippen molar-refractivity contribution >= 4 is 0 Å². The number of hydrogen-bond acceptors (Lipinski definition) is 7. The lowest BCUT2D eigenvalue weighted by molar-refractivity contribution is -0.956. The van der Waals surface area contributed by atoms with Crippen LogP contribution in [-0.4, -0.2) is 105 Å². The van der Waals surface area contributed by atoms with E-state index in [1.165, 1.54) is 4.90 Å². The Kier molecular flexibility index (Phi) is 4.99. The first-order valence-corrected chi connectivity index (χ1v) is 12.8. The molecule has 8 nitrogen and oxygen atoms in total. The van der Waals surface area contributed by atoms with Crippen LogP contribution in [0, 0.1) is 34.5 Å². The number of methoxy groups -OCH3 is 4. The predicted molar refractivity (Wildman–Crippen MR) is 118 cm³/mol. The molecule has 5 aliphatic carbocycles. The number of hydrogen-bond donors (Lipinski definition) is 4. The molecular weight excluding hydrogens is 426 g/mol. The number of likely N-dealkylation sites (tertiary alicyclic amines) is 1. The molecule has 0 aromatic rings. The van der Waals surface area contributed by atoms with Crippen LogP contribution in [-0.2, 0) is 18.9 Å². The summed E-state index contributed by atoms with van der Waals surface area (Å²) < 4.78 is 24.3. The minimum Gasteiger partial charge on any atom is -0.392 e. The molecule has 1 heterocycles. The first-order valence-electron chi connectivity index (χ1n) is 12.8. The van der Waals surface area contributed by atoms with Crippen molar-refractivity contribution in [1.29, 1.82) is 0 Å². The van der Waals surface area contributed by atoms with E-state index in [4.69, 9.17) is 18.9 Å². The van der Waals surface area contributed by atoms with Crippen LogP contribution in [0.1, 0.15) is 32.6 Å². The maximum atomic E-state index is 13.0. The zero-order chi connectivity index (χ0) is 23.6. The number of quaternary nitrogens is 1. The Bertz CT molecular complexity index is 814. The SMILES string of the molecule is CC[NH+]1CC2(COC)CCC(OC)C34C5CC6C(OC)CC(O)(C5C6O)C(O)(C(OC)C23)C14. The molecule has 1 saturated heterocycles. The molecule has 6 rings (SSSR count). The summed E-state index contributed by atoms with van der Waals surface area (Å²) in [6, 6.07) is -0.229. The van der Waals surface area contributed by atoms with E-state index >= 15 is 0 Å². The minimum atomic E-state index is -1.51. The number of likely N-dealkylation sites (N-methyl/N-ethyl adjacent to an activating group) is 1. The van der Waals surface area contributed by atoms with Gasteiger partial charge < -0.3 is 39.2 Å². The van der Waals surface area contributed by atoms with E-state index in [0.29, 0.717) is 13.0 Å². The Morgan fingerprint density at radius 1 is 1.06 bits per heavy atom. The fourth-order valence-corrected chi connectivity index (χ4v) is 11.2. The maximum Gasteiger partial charge on any atom is 0.172 e. The van der Waals surface area contributed by atoms with Crippen molar-refractivity contribution in [3.63, 3.8) is 0 Å². The molecule has 0 aromatic carbocycles. The van der Waals surface area contributed by atoms with Gasteiger partial charge in [-0.15, -0.1) is 0 Å². The van der Waals surface area contributed by atoms with Gasteiger partial charge in [-0.05, 0) is 32.1 Å². The van der Waals surface area contributed by atoms with Gasteiger partial charge in [-0.3, -0.25) is 0 Å². The second kappa shape index (κ2) is 7.13. The molecule has 14 atom stereocenters. The second-order valence-electron chi connectivity index (χ2n) is 12.1. The van der Waals surface area contributed by atoms with E-state index in [2.05, 4.69) is 6.92 Å². The highest BCUT2D eigenvalue weighted by Gasteiger charge is 2.93. The number of nitrogens with one attached hydrogen (secondary N) is 1. The van der Waals surface area contributed by atoms with Gasteiger partial charge in [0.1, 0.15) is 11.6 Å². The highest BCUT2D eigenvalue weighted by molar-refractivity contribution is 5.39. The fourth-order valence-electron chi connectivity index (χ4n) is 11.2. The third kappa shape index (κ3) is 2.20. The molecule has 0 radical (unpaired) electrons. The van der Waals surface area contributed by atoms with Gasteiger partial charge in [0, 0.05) is 58.0 Å². The average molecular weight is 469 g/mol. The molecule has 14 unspecified atom stereocenters. The standard InChI is InChI=1S/C25H41NO7/c1-6-26-11-22(12-30-2)8-7-16(32-4)24-14-9-13-15(31-3)10-23(28,17(14)18(13)27)25(29,21(24)26)20(33-5)19(22)24/h13-21,27-29H,6-12H2,1-5H3/p+1. The predicted octanol–water partition coefficient (Wildman–Crippen LogP) is -1.15. The van der Waals surface area contributed by atoms with Crippen LogP contribution in [0.15, 0.2) is 0 Å². The van der Waals surface area contributed by atoms with E-state index in [1.807, 2.05) is 0 Å². The molecule has 4 N–H and O–H groups in total. The van der Waals surface area contributed by atoms with E-state index in [9.17, 15) is 15.3 Å². The minimum absolute atomic E-state index is 0.00878. The van der Waals surface area contributed by atoms with Crippen LogP contribution in [0.2, 0.25) is 0 Å². The Hall–Kier alpha value is -0.320. The molecule has 6 aliphatic rings. The highest BCUT2D eigenvalue weighted by atomic mass is 16.5. The number of aliphatic hydroxyl groups excluding tert-OH is 1. The van der Waals surface area contributed by atoms with Crippen LogP contribution in [0.3, 0.4) is 0 Å². The van der Waals surface area contributed by atoms with Crippen LogP contribution in [0.25, 0.3) is 0 Å². The van der Waals surface area contributed by atoms with Crippen molar-refractivity contribution in [2.75, 3.05) is 48.1 Å². The van der Waals surface area contributed by atoms with Crippen LogP contribution in [0.4, 0.5) is 0 Å². The van der Waals surface area contributed by atoms with Crippen molar-refractivity contribution in [3.8, 4) is 0 Å². The quantitative estimate of drug-likeness (QED) is 0.391. The maximum absolute atomic E-state index is 13.0. The lowest BCUT2D eigenvalue weighted by atomic mass is 9.42. The summed E-state index contributed by atoms with van der Waals surface area (Å²) in [5.41, 5.74) is -3.57. The highest BCUT2D eigenvalue weighted by Crippen LogP contribution is 2.78. The Morgan fingerprint density at radius 3 is 2.42 bits per heavy atom. The van der Waals surface area contributed by atoms with Gasteiger partial charge in [-0.1, -0.05) is 0 Å². The van der Waals surface area contributed by atoms with Gasteiger partial charge in [0.25, 0.3) is 0 Å². The van der Waals surface area contributed by atoms with Gasteiger partial charge in [0.15, 0.2) is 5.60 Å². The first-order chi connectivity index (χ1) is 15.8. The number of fused-ring (bicyclic) bond motifs is 2. The molecular formula is C25H42NO7+. The van der Waals surface area contributed by atoms with Crippen molar-refractivity contribution < 1.29 is 39.2 Å². The zero-order valence-electron chi connectivity index (χ0n) is 20.6. The van der Waals surface area contributed by atoms with Crippen LogP contribution < -0.4 is 4.90 Å². The second-order valence-corrected chi connectivity index (χ2v) is 12.1. The van der Waals surface area contributed by atoms with Crippen molar-refractivity contribution in [1.82, 2.24) is 0 Å². The lowest BCUT2D eigenvalue weighted by Crippen LogP contribution is -3.23. The molecule has 1 aliphatic heterocycles. The molecule has 7 bridgehead atoms. The summed E-state index contributed by atoms with van der Waals surface area (Å²) in [5.74, 6) is -0.428. The number of aliphatic hydroxyl groups is 3. The van der Waals surface area contributed by atoms with Gasteiger partial charge >= 0.3 is 0 Å². The number of ether oxygens (including phenoxy) is 4. The fraction of sp³-hybridized carbons (Fsp3) is 1.00. The topological polar surface area (TPSA) is 102 Å². The van der Waals surface area contributed by atoms with Crippen molar-refractivity contribution in [3.05, 3.63) is 0 Å². The van der Waals surface area contributed by atoms with E-state index in [1.54, 1.807) is 28.4 Å². The zero-order valence-corrected chi connectivity index (χ0v) is 20.6. The monoisotopic (exact) mass is 468 g/mol. The van der Waals surface area contributed by atoms with Crippen molar-refractivity contribution in [2.24, 2.45) is 34.5 Å². The summed E-state index contributed by atoms with van der Waals surface area (Å²) in [7, 11) is 6.88. The Labute approximate surface area is 196 Å². The molecule has 6 fully saturated rings. The smallest absolute Gasteiger partial charge is 0.172 e. The van der Waals surface area contributed by atoms with E-state index in [0.717, 1.165) is 32.4 Å². The normalized spacial score (nSPS) is 62.5. The van der Waals surface area contributed by atoms with Crippen LogP contribution >= 0.6 is 0 Å². The third-order valence-corrected chi connectivity index (χ3v) is 11.7. The molecule has 8 heteroatoms. The summed E-state index contributed by atoms with van der Waals surface area (Å²) in [4.78, 5) is 1.30. The van der Waals surface area contributed by atoms with Crippen molar-refractivity contribution in [2.45, 2.75) is 74.3 Å². The average Bonchev–Trinajstić information content (AvgIpc) is 3.16. The van der Waals surface area contributed by atoms with E-state index < -0.39 is 34.7 Å². The summed E-state index contributed by atoms with van der Waals surface area (Å²) >= 11 is 0. The Morgan fingerprint density at radius 2 is 1.82 bits per heavy atom. The van der Waals surface area contributed by atoms with Gasteiger partial charge in [-0.2, -0.15) is 0 Å². The molecule has 0 aromatic heterocycles. The molecule has 5 saturated carbocycles. The van der Waals surface area contributed by atoms with Crippen LogP contribution in [0.5, 0.6) is 0 Å². The molecule has 33 heavy (non-hydrogen) atoms. The summed E-state index contributed by atoms with van der Waals surface area (Å²) in [6.07, 6.45) is 1.33.